The van der Waals surface area contributed by atoms with Crippen LogP contribution in [0.5, 0.6) is 0 Å². The highest BCUT2D eigenvalue weighted by molar-refractivity contribution is 5.95. The number of rotatable bonds is 7. The molecule has 0 radical (unpaired) electrons. The molecule has 6 heteroatoms. The largest absolute Gasteiger partial charge is 0.378 e. The molecule has 0 aromatic heterocycles. The highest BCUT2D eigenvalue weighted by atomic mass is 16.6. The average Bonchev–Trinajstić information content (AvgIpc) is 3.17. The normalized spacial score (nSPS) is 15.6. The van der Waals surface area contributed by atoms with Gasteiger partial charge in [-0.1, -0.05) is 30.3 Å². The van der Waals surface area contributed by atoms with E-state index in [-0.39, 0.29) is 17.5 Å². The number of carbonyl (C=O) groups is 1. The van der Waals surface area contributed by atoms with Crippen molar-refractivity contribution in [1.82, 2.24) is 4.90 Å². The van der Waals surface area contributed by atoms with E-state index in [1.165, 1.54) is 31.4 Å². The lowest BCUT2D eigenvalue weighted by Gasteiger charge is -2.28. The first-order chi connectivity index (χ1) is 12.6. The zero-order chi connectivity index (χ0) is 18.5. The van der Waals surface area contributed by atoms with E-state index in [1.807, 2.05) is 18.2 Å². The second kappa shape index (κ2) is 8.10. The SMILES string of the molecule is CC(=O)c1ccc(NC[C@@H](c2ccccc2)N2CCCC2)c([N+](=O)[O-])c1. The van der Waals surface area contributed by atoms with Crippen molar-refractivity contribution in [3.63, 3.8) is 0 Å². The molecule has 6 nitrogen and oxygen atoms in total. The van der Waals surface area contributed by atoms with Crippen molar-refractivity contribution >= 4 is 17.2 Å². The predicted octanol–water partition coefficient (Wildman–Crippen LogP) is 4.05. The summed E-state index contributed by atoms with van der Waals surface area (Å²) in [5.41, 5.74) is 1.93. The first-order valence-electron chi connectivity index (χ1n) is 8.88. The third-order valence-corrected chi connectivity index (χ3v) is 4.85. The number of ketones is 1. The van der Waals surface area contributed by atoms with Crippen LogP contribution in [0.1, 0.15) is 41.7 Å². The topological polar surface area (TPSA) is 75.5 Å². The Bertz CT molecular complexity index is 786. The van der Waals surface area contributed by atoms with Crippen molar-refractivity contribution < 1.29 is 9.72 Å². The Labute approximate surface area is 153 Å². The van der Waals surface area contributed by atoms with Crippen molar-refractivity contribution in [3.05, 3.63) is 69.8 Å². The van der Waals surface area contributed by atoms with Gasteiger partial charge < -0.3 is 5.32 Å². The minimum Gasteiger partial charge on any atom is -0.378 e. The Kier molecular flexibility index (Phi) is 5.63. The van der Waals surface area contributed by atoms with Gasteiger partial charge in [-0.3, -0.25) is 19.8 Å². The van der Waals surface area contributed by atoms with Gasteiger partial charge in [0.25, 0.3) is 5.69 Å². The summed E-state index contributed by atoms with van der Waals surface area (Å²) in [6, 6.07) is 15.0. The van der Waals surface area contributed by atoms with Gasteiger partial charge in [-0.05, 0) is 50.6 Å². The minimum atomic E-state index is -0.442. The first kappa shape index (κ1) is 18.1. The molecule has 1 fully saturated rings. The van der Waals surface area contributed by atoms with Crippen molar-refractivity contribution in [3.8, 4) is 0 Å². The molecule has 1 atom stereocenters. The van der Waals surface area contributed by atoms with Gasteiger partial charge in [-0.25, -0.2) is 0 Å². The summed E-state index contributed by atoms with van der Waals surface area (Å²) in [5, 5.41) is 14.7. The summed E-state index contributed by atoms with van der Waals surface area (Å²) in [6.45, 7) is 4.05. The molecule has 3 rings (SSSR count). The van der Waals surface area contributed by atoms with Gasteiger partial charge in [-0.2, -0.15) is 0 Å². The molecule has 0 unspecified atom stereocenters. The number of nitrogens with zero attached hydrogens (tertiary/aromatic N) is 2. The molecule has 0 bridgehead atoms. The number of nitro groups is 1. The smallest absolute Gasteiger partial charge is 0.293 e. The van der Waals surface area contributed by atoms with Crippen LogP contribution in [0.3, 0.4) is 0 Å². The molecule has 1 aliphatic rings. The van der Waals surface area contributed by atoms with E-state index in [2.05, 4.69) is 22.3 Å². The number of likely N-dealkylation sites (tertiary alicyclic amines) is 1. The van der Waals surface area contributed by atoms with E-state index in [0.29, 0.717) is 17.8 Å². The second-order valence-corrected chi connectivity index (χ2v) is 6.60. The van der Waals surface area contributed by atoms with Crippen molar-refractivity contribution in [2.75, 3.05) is 25.0 Å². The molecule has 1 N–H and O–H groups in total. The van der Waals surface area contributed by atoms with Gasteiger partial charge in [0.15, 0.2) is 5.78 Å². The Morgan fingerprint density at radius 1 is 1.19 bits per heavy atom. The van der Waals surface area contributed by atoms with Gasteiger partial charge >= 0.3 is 0 Å². The minimum absolute atomic E-state index is 0.0640. The summed E-state index contributed by atoms with van der Waals surface area (Å²) in [5.74, 6) is -0.182. The number of benzene rings is 2. The molecule has 1 saturated heterocycles. The standard InChI is InChI=1S/C20H23N3O3/c1-15(24)17-9-10-18(19(13-17)23(25)26)21-14-20(22-11-5-6-12-22)16-7-3-2-4-8-16/h2-4,7-10,13,20-21H,5-6,11-12,14H2,1H3/t20-/m0/s1. The summed E-state index contributed by atoms with van der Waals surface area (Å²) in [7, 11) is 0. The van der Waals surface area contributed by atoms with Crippen molar-refractivity contribution in [2.45, 2.75) is 25.8 Å². The van der Waals surface area contributed by atoms with Gasteiger partial charge in [0.05, 0.1) is 11.0 Å². The summed E-state index contributed by atoms with van der Waals surface area (Å²) >= 11 is 0. The van der Waals surface area contributed by atoms with E-state index in [4.69, 9.17) is 0 Å². The van der Waals surface area contributed by atoms with Gasteiger partial charge in [0, 0.05) is 18.2 Å². The molecule has 0 amide bonds. The summed E-state index contributed by atoms with van der Waals surface area (Å²) in [6.07, 6.45) is 2.35. The number of nitro benzene ring substituents is 1. The lowest BCUT2D eigenvalue weighted by atomic mass is 10.0. The second-order valence-electron chi connectivity index (χ2n) is 6.60. The average molecular weight is 353 g/mol. The molecule has 26 heavy (non-hydrogen) atoms. The molecule has 1 heterocycles. The number of carbonyl (C=O) groups excluding carboxylic acids is 1. The van der Waals surface area contributed by atoms with E-state index in [0.717, 1.165) is 13.1 Å². The lowest BCUT2D eigenvalue weighted by Crippen LogP contribution is -2.31. The zero-order valence-corrected chi connectivity index (χ0v) is 14.9. The summed E-state index contributed by atoms with van der Waals surface area (Å²) < 4.78 is 0. The highest BCUT2D eigenvalue weighted by Crippen LogP contribution is 2.29. The number of anilines is 1. The van der Waals surface area contributed by atoms with E-state index in [9.17, 15) is 14.9 Å². The Morgan fingerprint density at radius 2 is 1.88 bits per heavy atom. The maximum atomic E-state index is 11.5. The maximum absolute atomic E-state index is 11.5. The maximum Gasteiger partial charge on any atom is 0.293 e. The van der Waals surface area contributed by atoms with Crippen LogP contribution in [0.4, 0.5) is 11.4 Å². The zero-order valence-electron chi connectivity index (χ0n) is 14.9. The van der Waals surface area contributed by atoms with Crippen LogP contribution < -0.4 is 5.32 Å². The fraction of sp³-hybridized carbons (Fsp3) is 0.350. The fourth-order valence-electron chi connectivity index (χ4n) is 3.44. The van der Waals surface area contributed by atoms with Crippen LogP contribution in [0.15, 0.2) is 48.5 Å². The number of Topliss-reactive ketones (excluding diaryl/α,β-unsaturated/α-hetero) is 1. The van der Waals surface area contributed by atoms with Crippen LogP contribution >= 0.6 is 0 Å². The Balaban J connectivity index is 1.82. The van der Waals surface area contributed by atoms with Gasteiger partial charge in [0.2, 0.25) is 0 Å². The van der Waals surface area contributed by atoms with Gasteiger partial charge in [-0.15, -0.1) is 0 Å². The number of hydrogen-bond donors (Lipinski definition) is 1. The molecule has 0 spiro atoms. The van der Waals surface area contributed by atoms with Crippen molar-refractivity contribution in [2.24, 2.45) is 0 Å². The molecule has 0 saturated carbocycles. The van der Waals surface area contributed by atoms with Crippen LogP contribution in [-0.2, 0) is 0 Å². The number of hydrogen-bond acceptors (Lipinski definition) is 5. The molecule has 2 aromatic carbocycles. The first-order valence-corrected chi connectivity index (χ1v) is 8.88. The van der Waals surface area contributed by atoms with Crippen LogP contribution in [0, 0.1) is 10.1 Å². The molecular weight excluding hydrogens is 330 g/mol. The molecule has 0 aliphatic carbocycles. The third kappa shape index (κ3) is 4.08. The molecule has 1 aliphatic heterocycles. The van der Waals surface area contributed by atoms with Crippen LogP contribution in [-0.4, -0.2) is 35.2 Å². The fourth-order valence-corrected chi connectivity index (χ4v) is 3.44. The van der Waals surface area contributed by atoms with Crippen LogP contribution in [0.25, 0.3) is 0 Å². The predicted molar refractivity (Wildman–Crippen MR) is 102 cm³/mol. The van der Waals surface area contributed by atoms with E-state index >= 15 is 0 Å². The monoisotopic (exact) mass is 353 g/mol. The van der Waals surface area contributed by atoms with Crippen molar-refractivity contribution in [1.29, 1.82) is 0 Å². The Hall–Kier alpha value is -2.73. The lowest BCUT2D eigenvalue weighted by molar-refractivity contribution is -0.384. The van der Waals surface area contributed by atoms with E-state index in [1.54, 1.807) is 12.1 Å². The van der Waals surface area contributed by atoms with E-state index < -0.39 is 4.92 Å². The quantitative estimate of drug-likeness (QED) is 0.462. The van der Waals surface area contributed by atoms with Gasteiger partial charge in [0.1, 0.15) is 5.69 Å². The summed E-state index contributed by atoms with van der Waals surface area (Å²) in [4.78, 5) is 24.9. The molecule has 2 aromatic rings. The molecule has 136 valence electrons. The third-order valence-electron chi connectivity index (χ3n) is 4.85. The van der Waals surface area contributed by atoms with Crippen LogP contribution in [0.2, 0.25) is 0 Å². The number of nitrogens with one attached hydrogen (secondary N) is 1. The highest BCUT2D eigenvalue weighted by Gasteiger charge is 2.24. The Morgan fingerprint density at radius 3 is 2.50 bits per heavy atom. The molecular formula is C20H23N3O3.